The molecular weight excluding hydrogens is 556 g/mol. The standard InChI is InChI=1S/C29H40O9S2/c1-28(2,16-18-35-26(30)24-12-7-5-8-13-24)22-37-39(32)20-11-21-40(33,34)38-23-29(3,4)17-19-36-27(31)25-14-9-6-10-15-25/h5-10,12-15H,11,16-23H2,1-4H3. The molecule has 1 unspecified atom stereocenters. The Morgan fingerprint density at radius 3 is 1.68 bits per heavy atom. The van der Waals surface area contributed by atoms with E-state index in [0.29, 0.717) is 24.0 Å². The largest absolute Gasteiger partial charge is 0.462 e. The van der Waals surface area contributed by atoms with Gasteiger partial charge in [0.2, 0.25) is 0 Å². The van der Waals surface area contributed by atoms with Crippen molar-refractivity contribution >= 4 is 33.1 Å². The molecule has 9 nitrogen and oxygen atoms in total. The van der Waals surface area contributed by atoms with Crippen LogP contribution in [0.5, 0.6) is 0 Å². The molecule has 0 bridgehead atoms. The van der Waals surface area contributed by atoms with Gasteiger partial charge in [0.15, 0.2) is 11.1 Å². The topological polar surface area (TPSA) is 122 Å². The van der Waals surface area contributed by atoms with Gasteiger partial charge in [0.25, 0.3) is 10.1 Å². The molecule has 1 atom stereocenters. The number of hydrogen-bond acceptors (Lipinski definition) is 9. The quantitative estimate of drug-likeness (QED) is 0.174. The van der Waals surface area contributed by atoms with Gasteiger partial charge in [-0.05, 0) is 54.4 Å². The number of ether oxygens (including phenoxy) is 2. The van der Waals surface area contributed by atoms with E-state index in [-0.39, 0.29) is 44.4 Å². The van der Waals surface area contributed by atoms with Crippen LogP contribution in [0.4, 0.5) is 0 Å². The number of esters is 2. The van der Waals surface area contributed by atoms with Gasteiger partial charge in [-0.15, -0.1) is 0 Å². The molecule has 2 rings (SSSR count). The maximum absolute atomic E-state index is 12.3. The van der Waals surface area contributed by atoms with Gasteiger partial charge >= 0.3 is 11.9 Å². The summed E-state index contributed by atoms with van der Waals surface area (Å²) in [6.45, 7) is 7.88. The zero-order chi connectivity index (χ0) is 29.7. The Kier molecular flexibility index (Phi) is 13.4. The summed E-state index contributed by atoms with van der Waals surface area (Å²) in [5.41, 5.74) is -0.0160. The van der Waals surface area contributed by atoms with Crippen LogP contribution in [-0.2, 0) is 39.0 Å². The molecule has 0 amide bonds. The Morgan fingerprint density at radius 2 is 1.20 bits per heavy atom. The molecule has 0 fully saturated rings. The second-order valence-corrected chi connectivity index (χ2v) is 14.0. The van der Waals surface area contributed by atoms with Gasteiger partial charge in [-0.1, -0.05) is 64.1 Å². The molecule has 0 aliphatic heterocycles. The van der Waals surface area contributed by atoms with Gasteiger partial charge in [-0.25, -0.2) is 13.8 Å². The Hall–Kier alpha value is -2.60. The fourth-order valence-electron chi connectivity index (χ4n) is 3.25. The molecule has 0 saturated carbocycles. The number of hydrogen-bond donors (Lipinski definition) is 0. The minimum absolute atomic E-state index is 0.0422. The van der Waals surface area contributed by atoms with E-state index >= 15 is 0 Å². The number of benzene rings is 2. The van der Waals surface area contributed by atoms with Crippen molar-refractivity contribution in [1.29, 1.82) is 0 Å². The SMILES string of the molecule is CC(C)(CCOC(=O)c1ccccc1)COS(=O)CCCS(=O)(=O)OCC(C)(C)CCOC(=O)c1ccccc1. The first-order valence-corrected chi connectivity index (χ1v) is 15.9. The van der Waals surface area contributed by atoms with Gasteiger partial charge in [0.05, 0.1) is 49.1 Å². The van der Waals surface area contributed by atoms with E-state index in [0.717, 1.165) is 0 Å². The Labute approximate surface area is 240 Å². The van der Waals surface area contributed by atoms with Gasteiger partial charge in [0, 0.05) is 0 Å². The summed E-state index contributed by atoms with van der Waals surface area (Å²) in [6.07, 6.45) is 1.03. The highest BCUT2D eigenvalue weighted by Crippen LogP contribution is 2.23. The fraction of sp³-hybridized carbons (Fsp3) is 0.517. The van der Waals surface area contributed by atoms with Gasteiger partial charge in [-0.2, -0.15) is 8.42 Å². The molecule has 0 saturated heterocycles. The van der Waals surface area contributed by atoms with Crippen LogP contribution in [0.3, 0.4) is 0 Å². The molecule has 0 aromatic heterocycles. The highest BCUT2D eigenvalue weighted by atomic mass is 32.2. The first-order valence-electron chi connectivity index (χ1n) is 13.1. The molecule has 0 aliphatic carbocycles. The number of rotatable bonds is 18. The van der Waals surface area contributed by atoms with E-state index in [2.05, 4.69) is 0 Å². The molecule has 0 radical (unpaired) electrons. The minimum Gasteiger partial charge on any atom is -0.462 e. The zero-order valence-electron chi connectivity index (χ0n) is 23.6. The first-order chi connectivity index (χ1) is 18.8. The van der Waals surface area contributed by atoms with Crippen molar-refractivity contribution in [2.45, 2.75) is 47.0 Å². The predicted octanol–water partition coefficient (Wildman–Crippen LogP) is 4.95. The first kappa shape index (κ1) is 33.6. The van der Waals surface area contributed by atoms with Crippen molar-refractivity contribution in [1.82, 2.24) is 0 Å². The molecule has 222 valence electrons. The van der Waals surface area contributed by atoms with Crippen molar-refractivity contribution in [3.63, 3.8) is 0 Å². The molecule has 2 aromatic rings. The normalized spacial score (nSPS) is 13.0. The van der Waals surface area contributed by atoms with E-state index in [4.69, 9.17) is 17.8 Å². The molecule has 0 aliphatic rings. The van der Waals surface area contributed by atoms with Crippen molar-refractivity contribution in [2.24, 2.45) is 10.8 Å². The van der Waals surface area contributed by atoms with Crippen LogP contribution in [0.15, 0.2) is 60.7 Å². The molecular formula is C29H40O9S2. The predicted molar refractivity (Wildman–Crippen MR) is 154 cm³/mol. The molecule has 0 heterocycles. The second-order valence-electron chi connectivity index (χ2n) is 11.0. The lowest BCUT2D eigenvalue weighted by Crippen LogP contribution is -2.26. The third kappa shape index (κ3) is 13.6. The third-order valence-electron chi connectivity index (χ3n) is 5.96. The molecule has 40 heavy (non-hydrogen) atoms. The second kappa shape index (κ2) is 16.0. The summed E-state index contributed by atoms with van der Waals surface area (Å²) in [5, 5.41) is 0. The van der Waals surface area contributed by atoms with Crippen molar-refractivity contribution in [3.05, 3.63) is 71.8 Å². The highest BCUT2D eigenvalue weighted by Gasteiger charge is 2.24. The van der Waals surface area contributed by atoms with Crippen LogP contribution in [-0.4, -0.2) is 62.5 Å². The van der Waals surface area contributed by atoms with Crippen molar-refractivity contribution in [2.75, 3.05) is 37.9 Å². The number of carbonyl (C=O) groups is 2. The minimum atomic E-state index is -3.83. The van der Waals surface area contributed by atoms with Crippen LogP contribution in [0, 0.1) is 10.8 Å². The van der Waals surface area contributed by atoms with Crippen molar-refractivity contribution < 1.29 is 40.1 Å². The van der Waals surface area contributed by atoms with Gasteiger partial charge < -0.3 is 9.47 Å². The van der Waals surface area contributed by atoms with E-state index in [1.165, 1.54) is 0 Å². The lowest BCUT2D eigenvalue weighted by Gasteiger charge is -2.24. The van der Waals surface area contributed by atoms with Gasteiger partial charge in [-0.3, -0.25) is 8.37 Å². The lowest BCUT2D eigenvalue weighted by molar-refractivity contribution is 0.0421. The van der Waals surface area contributed by atoms with E-state index in [1.54, 1.807) is 54.6 Å². The summed E-state index contributed by atoms with van der Waals surface area (Å²) in [4.78, 5) is 24.1. The smallest absolute Gasteiger partial charge is 0.338 e. The summed E-state index contributed by atoms with van der Waals surface area (Å²) in [6, 6.07) is 17.3. The summed E-state index contributed by atoms with van der Waals surface area (Å²) in [7, 11) is -3.83. The highest BCUT2D eigenvalue weighted by molar-refractivity contribution is 7.86. The van der Waals surface area contributed by atoms with Crippen molar-refractivity contribution in [3.8, 4) is 0 Å². The Bertz CT molecular complexity index is 1190. The van der Waals surface area contributed by atoms with Crippen LogP contribution in [0.25, 0.3) is 0 Å². The molecule has 11 heteroatoms. The van der Waals surface area contributed by atoms with Crippen LogP contribution in [0.1, 0.15) is 67.7 Å². The monoisotopic (exact) mass is 596 g/mol. The molecule has 0 N–H and O–H groups in total. The summed E-state index contributed by atoms with van der Waals surface area (Å²) in [5.74, 6) is -1.09. The third-order valence-corrected chi connectivity index (χ3v) is 8.23. The average molecular weight is 597 g/mol. The van der Waals surface area contributed by atoms with E-state index in [9.17, 15) is 22.2 Å². The van der Waals surface area contributed by atoms with Gasteiger partial charge in [0.1, 0.15) is 0 Å². The van der Waals surface area contributed by atoms with Crippen LogP contribution < -0.4 is 0 Å². The van der Waals surface area contributed by atoms with E-state index in [1.807, 2.05) is 33.8 Å². The summed E-state index contributed by atoms with van der Waals surface area (Å²) >= 11 is -1.67. The van der Waals surface area contributed by atoms with E-state index < -0.39 is 44.0 Å². The Morgan fingerprint density at radius 1 is 0.750 bits per heavy atom. The fourth-order valence-corrected chi connectivity index (χ4v) is 5.49. The molecule has 0 spiro atoms. The zero-order valence-corrected chi connectivity index (χ0v) is 25.3. The Balaban J connectivity index is 1.61. The summed E-state index contributed by atoms with van der Waals surface area (Å²) < 4.78 is 58.1. The van der Waals surface area contributed by atoms with Crippen LogP contribution in [0.2, 0.25) is 0 Å². The molecule has 2 aromatic carbocycles. The average Bonchev–Trinajstić information content (AvgIpc) is 2.91. The maximum Gasteiger partial charge on any atom is 0.338 e. The van der Waals surface area contributed by atoms with Crippen LogP contribution >= 0.6 is 0 Å². The lowest BCUT2D eigenvalue weighted by atomic mass is 9.91. The maximum atomic E-state index is 12.3. The number of carbonyl (C=O) groups excluding carboxylic acids is 2.